The van der Waals surface area contributed by atoms with E-state index in [9.17, 15) is 24.0 Å². The smallest absolute Gasteiger partial charge is 0.315 e. The van der Waals surface area contributed by atoms with Gasteiger partial charge in [0.05, 0.1) is 6.04 Å². The molecule has 0 radical (unpaired) electrons. The Morgan fingerprint density at radius 2 is 1.62 bits per heavy atom. The lowest BCUT2D eigenvalue weighted by Gasteiger charge is -2.35. The van der Waals surface area contributed by atoms with Gasteiger partial charge in [0, 0.05) is 18.6 Å². The minimum Gasteiger partial charge on any atom is -0.349 e. The molecule has 1 aliphatic heterocycles. The van der Waals surface area contributed by atoms with Crippen LogP contribution in [0, 0.1) is 23.2 Å². The van der Waals surface area contributed by atoms with Crippen LogP contribution >= 0.6 is 0 Å². The number of ketones is 1. The highest BCUT2D eigenvalue weighted by Gasteiger charge is 2.69. The van der Waals surface area contributed by atoms with Gasteiger partial charge >= 0.3 is 6.03 Å². The second kappa shape index (κ2) is 13.6. The van der Waals surface area contributed by atoms with Crippen molar-refractivity contribution in [2.24, 2.45) is 23.2 Å². The van der Waals surface area contributed by atoms with E-state index in [-0.39, 0.29) is 42.0 Å². The van der Waals surface area contributed by atoms with E-state index in [1.165, 1.54) is 0 Å². The number of piperidine rings is 1. The van der Waals surface area contributed by atoms with Crippen molar-refractivity contribution in [1.29, 1.82) is 0 Å². The number of allylic oxidation sites excluding steroid dienone is 1. The first-order valence-corrected chi connectivity index (χ1v) is 16.0. The maximum Gasteiger partial charge on any atom is 0.315 e. The van der Waals surface area contributed by atoms with Crippen LogP contribution in [-0.2, 0) is 32.0 Å². The number of rotatable bonds is 13. The molecule has 3 aliphatic rings. The summed E-state index contributed by atoms with van der Waals surface area (Å²) >= 11 is 0. The highest BCUT2D eigenvalue weighted by Crippen LogP contribution is 2.65. The van der Waals surface area contributed by atoms with Gasteiger partial charge in [-0.1, -0.05) is 50.3 Å². The summed E-state index contributed by atoms with van der Waals surface area (Å²) in [6, 6.07) is 4.83. The zero-order valence-corrected chi connectivity index (χ0v) is 27.3. The number of nitrogens with zero attached hydrogens (tertiary/aromatic N) is 1. The zero-order chi connectivity index (χ0) is 33.1. The molecule has 1 heterocycles. The molecule has 10 nitrogen and oxygen atoms in total. The Balaban J connectivity index is 1.58. The third-order valence-electron chi connectivity index (χ3n) is 9.51. The van der Waals surface area contributed by atoms with Crippen molar-refractivity contribution < 1.29 is 24.0 Å². The van der Waals surface area contributed by atoms with Crippen molar-refractivity contribution in [2.45, 2.75) is 90.4 Å². The highest BCUT2D eigenvalue weighted by molar-refractivity contribution is 6.38. The Labute approximate surface area is 266 Å². The van der Waals surface area contributed by atoms with Gasteiger partial charge < -0.3 is 26.2 Å². The SMILES string of the molecule is C=CCCNC(=O)C(=O)C(CCC=C)NC(=O)[C@@H]1[C@@H]2C(CN1C(=O)[C@@H](NC(=O)NC(C)(C)C)C1Cc3ccccc3C1)C2(C)C. The van der Waals surface area contributed by atoms with Crippen LogP contribution in [0.1, 0.15) is 65.0 Å². The van der Waals surface area contributed by atoms with Gasteiger partial charge in [0.1, 0.15) is 12.1 Å². The van der Waals surface area contributed by atoms with Crippen molar-refractivity contribution >= 4 is 29.5 Å². The highest BCUT2D eigenvalue weighted by atomic mass is 16.2. The average molecular weight is 620 g/mol. The van der Waals surface area contributed by atoms with Gasteiger partial charge in [0.25, 0.3) is 5.91 Å². The normalized spacial score (nSPS) is 22.7. The molecular formula is C35H49N5O5. The number of Topliss-reactive ketones (excluding diaryl/α,β-unsaturated/α-hetero) is 1. The molecule has 45 heavy (non-hydrogen) atoms. The van der Waals surface area contributed by atoms with Crippen molar-refractivity contribution in [3.8, 4) is 0 Å². The summed E-state index contributed by atoms with van der Waals surface area (Å²) < 4.78 is 0. The molecule has 0 bridgehead atoms. The summed E-state index contributed by atoms with van der Waals surface area (Å²) in [4.78, 5) is 69.0. The maximum absolute atomic E-state index is 14.5. The van der Waals surface area contributed by atoms with E-state index in [1.807, 2.05) is 45.0 Å². The van der Waals surface area contributed by atoms with E-state index in [4.69, 9.17) is 0 Å². The number of urea groups is 1. The number of carbonyl (C=O) groups is 5. The number of likely N-dealkylation sites (tertiary alicyclic amines) is 1. The molecule has 2 unspecified atom stereocenters. The number of fused-ring (bicyclic) bond motifs is 2. The number of hydrogen-bond donors (Lipinski definition) is 4. The van der Waals surface area contributed by atoms with Crippen LogP contribution < -0.4 is 21.3 Å². The van der Waals surface area contributed by atoms with Crippen LogP contribution in [0.5, 0.6) is 0 Å². The first-order valence-electron chi connectivity index (χ1n) is 16.0. The molecular weight excluding hydrogens is 570 g/mol. The largest absolute Gasteiger partial charge is 0.349 e. The number of amides is 5. The lowest BCUT2D eigenvalue weighted by Crippen LogP contribution is -2.61. The molecule has 1 aromatic rings. The van der Waals surface area contributed by atoms with Gasteiger partial charge in [-0.2, -0.15) is 0 Å². The third kappa shape index (κ3) is 7.65. The van der Waals surface area contributed by atoms with E-state index >= 15 is 0 Å². The number of hydrogen-bond acceptors (Lipinski definition) is 5. The first-order chi connectivity index (χ1) is 21.2. The molecule has 10 heteroatoms. The quantitative estimate of drug-likeness (QED) is 0.153. The minimum atomic E-state index is -1.06. The fourth-order valence-electron chi connectivity index (χ4n) is 7.06. The maximum atomic E-state index is 14.5. The van der Waals surface area contributed by atoms with Gasteiger partial charge in [-0.25, -0.2) is 4.79 Å². The summed E-state index contributed by atoms with van der Waals surface area (Å²) in [5.41, 5.74) is 1.61. The molecule has 5 amide bonds. The summed E-state index contributed by atoms with van der Waals surface area (Å²) in [7, 11) is 0. The molecule has 1 saturated carbocycles. The van der Waals surface area contributed by atoms with Gasteiger partial charge in [0.15, 0.2) is 0 Å². The van der Waals surface area contributed by atoms with Gasteiger partial charge in [0.2, 0.25) is 17.6 Å². The number of nitrogens with one attached hydrogen (secondary N) is 4. The summed E-state index contributed by atoms with van der Waals surface area (Å²) in [6.07, 6.45) is 5.66. The molecule has 2 aliphatic carbocycles. The van der Waals surface area contributed by atoms with Crippen molar-refractivity contribution in [3.05, 3.63) is 60.7 Å². The van der Waals surface area contributed by atoms with Gasteiger partial charge in [-0.05, 0) is 87.2 Å². The van der Waals surface area contributed by atoms with Crippen LogP contribution in [0.4, 0.5) is 4.79 Å². The first kappa shape index (κ1) is 33.9. The van der Waals surface area contributed by atoms with Crippen LogP contribution in [0.25, 0.3) is 0 Å². The van der Waals surface area contributed by atoms with E-state index in [0.717, 1.165) is 11.1 Å². The molecule has 1 saturated heterocycles. The summed E-state index contributed by atoms with van der Waals surface area (Å²) in [5, 5.41) is 11.3. The molecule has 2 fully saturated rings. The van der Waals surface area contributed by atoms with Gasteiger partial charge in [-0.15, -0.1) is 13.2 Å². The lowest BCUT2D eigenvalue weighted by atomic mass is 9.93. The van der Waals surface area contributed by atoms with Gasteiger partial charge in [-0.3, -0.25) is 19.2 Å². The Bertz CT molecular complexity index is 1320. The predicted octanol–water partition coefficient (Wildman–Crippen LogP) is 3.06. The average Bonchev–Trinajstić information content (AvgIpc) is 3.34. The fourth-order valence-corrected chi connectivity index (χ4v) is 7.06. The lowest BCUT2D eigenvalue weighted by molar-refractivity contribution is -0.144. The number of benzene rings is 1. The van der Waals surface area contributed by atoms with Crippen LogP contribution in [0.15, 0.2) is 49.6 Å². The second-order valence-corrected chi connectivity index (χ2v) is 14.3. The molecule has 4 N–H and O–H groups in total. The van der Waals surface area contributed by atoms with E-state index in [2.05, 4.69) is 48.3 Å². The Morgan fingerprint density at radius 3 is 2.20 bits per heavy atom. The van der Waals surface area contributed by atoms with Crippen molar-refractivity contribution in [2.75, 3.05) is 13.1 Å². The molecule has 0 spiro atoms. The minimum absolute atomic E-state index is 0.103. The van der Waals surface area contributed by atoms with E-state index < -0.39 is 47.3 Å². The monoisotopic (exact) mass is 619 g/mol. The Hall–Kier alpha value is -3.95. The fraction of sp³-hybridized carbons (Fsp3) is 0.571. The predicted molar refractivity (Wildman–Crippen MR) is 173 cm³/mol. The molecule has 1 aromatic carbocycles. The second-order valence-electron chi connectivity index (χ2n) is 14.3. The number of carbonyl (C=O) groups excluding carboxylic acids is 5. The van der Waals surface area contributed by atoms with Crippen LogP contribution in [0.2, 0.25) is 0 Å². The molecule has 4 rings (SSSR count). The standard InChI is InChI=1S/C35H49N5O5/c1-8-10-16-25(29(41)31(43)36-17-11-9-2)37-30(42)28-26-24(35(26,6)7)20-40(28)32(44)27(38-33(45)39-34(3,4)5)23-18-21-14-12-13-15-22(21)19-23/h8-9,12-15,23-28H,1-2,10-11,16-20H2,3-7H3,(H,36,43)(H,37,42)(H2,38,39,45)/t24?,25?,26-,27-,28-/m0/s1. The third-order valence-corrected chi connectivity index (χ3v) is 9.51. The molecule has 244 valence electrons. The molecule has 0 aromatic heterocycles. The Morgan fingerprint density at radius 1 is 1.00 bits per heavy atom. The molecule has 5 atom stereocenters. The van der Waals surface area contributed by atoms with E-state index in [1.54, 1.807) is 17.1 Å². The van der Waals surface area contributed by atoms with Crippen molar-refractivity contribution in [1.82, 2.24) is 26.2 Å². The van der Waals surface area contributed by atoms with Crippen LogP contribution in [-0.4, -0.2) is 71.2 Å². The summed E-state index contributed by atoms with van der Waals surface area (Å²) in [5.74, 6) is -2.47. The topological polar surface area (TPSA) is 137 Å². The van der Waals surface area contributed by atoms with Crippen molar-refractivity contribution in [3.63, 3.8) is 0 Å². The zero-order valence-electron chi connectivity index (χ0n) is 27.3. The summed E-state index contributed by atoms with van der Waals surface area (Å²) in [6.45, 7) is 17.8. The van der Waals surface area contributed by atoms with Crippen LogP contribution in [0.3, 0.4) is 0 Å². The Kier molecular flexibility index (Phi) is 10.2. The van der Waals surface area contributed by atoms with E-state index in [0.29, 0.717) is 32.2 Å².